The summed E-state index contributed by atoms with van der Waals surface area (Å²) in [6, 6.07) is 10.0. The standard InChI is InChI=1S/C12H17NO/c1-10(7-8-12(13)9-14)11-5-3-2-4-6-11/h2-7,12,14H,8-9,13H2,1H3/b10-7-/t12-/m0/s1. The molecule has 0 saturated carbocycles. The van der Waals surface area contributed by atoms with Crippen molar-refractivity contribution in [1.29, 1.82) is 0 Å². The number of nitrogens with two attached hydrogens (primary N) is 1. The van der Waals surface area contributed by atoms with Crippen LogP contribution >= 0.6 is 0 Å². The molecule has 0 saturated heterocycles. The molecule has 14 heavy (non-hydrogen) atoms. The van der Waals surface area contributed by atoms with Gasteiger partial charge in [0.05, 0.1) is 6.61 Å². The van der Waals surface area contributed by atoms with E-state index in [1.165, 1.54) is 11.1 Å². The van der Waals surface area contributed by atoms with Crippen molar-refractivity contribution in [2.24, 2.45) is 5.73 Å². The van der Waals surface area contributed by atoms with E-state index in [1.807, 2.05) is 18.2 Å². The van der Waals surface area contributed by atoms with Crippen LogP contribution in [0, 0.1) is 0 Å². The summed E-state index contributed by atoms with van der Waals surface area (Å²) in [4.78, 5) is 0. The van der Waals surface area contributed by atoms with Gasteiger partial charge < -0.3 is 10.8 Å². The van der Waals surface area contributed by atoms with E-state index in [2.05, 4.69) is 25.1 Å². The second-order valence-electron chi connectivity index (χ2n) is 3.43. The number of rotatable bonds is 4. The second kappa shape index (κ2) is 5.58. The normalized spacial score (nSPS) is 14.1. The first-order valence-corrected chi connectivity index (χ1v) is 4.82. The van der Waals surface area contributed by atoms with E-state index in [-0.39, 0.29) is 12.6 Å². The average molecular weight is 191 g/mol. The molecule has 1 aromatic carbocycles. The van der Waals surface area contributed by atoms with Crippen LogP contribution in [-0.4, -0.2) is 17.8 Å². The van der Waals surface area contributed by atoms with Crippen molar-refractivity contribution in [2.75, 3.05) is 6.61 Å². The van der Waals surface area contributed by atoms with Gasteiger partial charge in [0.2, 0.25) is 0 Å². The highest BCUT2D eigenvalue weighted by Gasteiger charge is 1.98. The van der Waals surface area contributed by atoms with Gasteiger partial charge in [-0.15, -0.1) is 0 Å². The molecule has 2 heteroatoms. The predicted molar refractivity (Wildman–Crippen MR) is 59.8 cm³/mol. The maximum atomic E-state index is 8.76. The third-order valence-corrected chi connectivity index (χ3v) is 2.19. The zero-order valence-corrected chi connectivity index (χ0v) is 8.48. The Morgan fingerprint density at radius 3 is 2.64 bits per heavy atom. The van der Waals surface area contributed by atoms with Crippen LogP contribution in [0.1, 0.15) is 18.9 Å². The molecule has 1 rings (SSSR count). The van der Waals surface area contributed by atoms with E-state index in [0.717, 1.165) is 6.42 Å². The minimum absolute atomic E-state index is 0.0402. The average Bonchev–Trinajstić information content (AvgIpc) is 2.26. The van der Waals surface area contributed by atoms with Gasteiger partial charge >= 0.3 is 0 Å². The first kappa shape index (κ1) is 11.0. The van der Waals surface area contributed by atoms with Gasteiger partial charge in [0.15, 0.2) is 0 Å². The fraction of sp³-hybridized carbons (Fsp3) is 0.333. The van der Waals surface area contributed by atoms with Gasteiger partial charge in [0.1, 0.15) is 0 Å². The van der Waals surface area contributed by atoms with E-state index in [9.17, 15) is 0 Å². The van der Waals surface area contributed by atoms with Crippen LogP contribution in [0.5, 0.6) is 0 Å². The monoisotopic (exact) mass is 191 g/mol. The Hall–Kier alpha value is -1.12. The van der Waals surface area contributed by atoms with E-state index in [4.69, 9.17) is 10.8 Å². The molecule has 0 aliphatic carbocycles. The largest absolute Gasteiger partial charge is 0.395 e. The lowest BCUT2D eigenvalue weighted by Crippen LogP contribution is -2.23. The van der Waals surface area contributed by atoms with Crippen molar-refractivity contribution in [1.82, 2.24) is 0 Å². The smallest absolute Gasteiger partial charge is 0.0585 e. The zero-order chi connectivity index (χ0) is 10.4. The molecule has 0 radical (unpaired) electrons. The van der Waals surface area contributed by atoms with Gasteiger partial charge in [-0.25, -0.2) is 0 Å². The Kier molecular flexibility index (Phi) is 4.36. The third kappa shape index (κ3) is 3.32. The summed E-state index contributed by atoms with van der Waals surface area (Å²) >= 11 is 0. The summed E-state index contributed by atoms with van der Waals surface area (Å²) in [6.07, 6.45) is 2.79. The Morgan fingerprint density at radius 1 is 1.43 bits per heavy atom. The van der Waals surface area contributed by atoms with Crippen LogP contribution < -0.4 is 5.73 Å². The first-order valence-electron chi connectivity index (χ1n) is 4.82. The van der Waals surface area contributed by atoms with E-state index in [1.54, 1.807) is 0 Å². The minimum Gasteiger partial charge on any atom is -0.395 e. The number of benzene rings is 1. The number of hydrogen-bond acceptors (Lipinski definition) is 2. The summed E-state index contributed by atoms with van der Waals surface area (Å²) in [5, 5.41) is 8.76. The van der Waals surface area contributed by atoms with Crippen LogP contribution in [0.15, 0.2) is 36.4 Å². The molecule has 0 fully saturated rings. The molecule has 2 nitrogen and oxygen atoms in total. The van der Waals surface area contributed by atoms with Crippen molar-refractivity contribution in [3.63, 3.8) is 0 Å². The highest BCUT2D eigenvalue weighted by Crippen LogP contribution is 2.13. The highest BCUT2D eigenvalue weighted by molar-refractivity contribution is 5.63. The fourth-order valence-electron chi connectivity index (χ4n) is 1.22. The summed E-state index contributed by atoms with van der Waals surface area (Å²) in [7, 11) is 0. The molecule has 0 spiro atoms. The molecule has 0 heterocycles. The quantitative estimate of drug-likeness (QED) is 0.762. The molecule has 0 bridgehead atoms. The summed E-state index contributed by atoms with van der Waals surface area (Å²) < 4.78 is 0. The van der Waals surface area contributed by atoms with Crippen molar-refractivity contribution in [3.05, 3.63) is 42.0 Å². The number of aliphatic hydroxyl groups is 1. The molecule has 0 aliphatic heterocycles. The molecule has 1 atom stereocenters. The molecule has 0 aliphatic rings. The van der Waals surface area contributed by atoms with Crippen molar-refractivity contribution < 1.29 is 5.11 Å². The zero-order valence-electron chi connectivity index (χ0n) is 8.48. The molecule has 0 amide bonds. The Labute approximate surface area is 85.1 Å². The topological polar surface area (TPSA) is 46.2 Å². The lowest BCUT2D eigenvalue weighted by atomic mass is 10.1. The van der Waals surface area contributed by atoms with Crippen molar-refractivity contribution in [2.45, 2.75) is 19.4 Å². The molecular weight excluding hydrogens is 174 g/mol. The van der Waals surface area contributed by atoms with Crippen LogP contribution in [0.3, 0.4) is 0 Å². The van der Waals surface area contributed by atoms with Crippen LogP contribution in [0.2, 0.25) is 0 Å². The van der Waals surface area contributed by atoms with Gasteiger partial charge in [0, 0.05) is 6.04 Å². The summed E-state index contributed by atoms with van der Waals surface area (Å²) in [5.74, 6) is 0. The molecule has 76 valence electrons. The molecule has 0 aromatic heterocycles. The SMILES string of the molecule is C/C(=C/C[C@H](N)CO)c1ccccc1. The van der Waals surface area contributed by atoms with E-state index in [0.29, 0.717) is 0 Å². The lowest BCUT2D eigenvalue weighted by molar-refractivity contribution is 0.266. The Balaban J connectivity index is 2.61. The summed E-state index contributed by atoms with van der Waals surface area (Å²) in [6.45, 7) is 2.10. The maximum absolute atomic E-state index is 8.76. The third-order valence-electron chi connectivity index (χ3n) is 2.19. The Morgan fingerprint density at radius 2 is 2.07 bits per heavy atom. The van der Waals surface area contributed by atoms with Gasteiger partial charge in [-0.2, -0.15) is 0 Å². The number of hydrogen-bond donors (Lipinski definition) is 2. The lowest BCUT2D eigenvalue weighted by Gasteiger charge is -2.05. The van der Waals surface area contributed by atoms with Gasteiger partial charge in [0.25, 0.3) is 0 Å². The molecule has 0 unspecified atom stereocenters. The predicted octanol–water partition coefficient (Wildman–Crippen LogP) is 1.80. The molecule has 1 aromatic rings. The van der Waals surface area contributed by atoms with Crippen molar-refractivity contribution >= 4 is 5.57 Å². The van der Waals surface area contributed by atoms with E-state index < -0.39 is 0 Å². The van der Waals surface area contributed by atoms with Crippen LogP contribution in [0.4, 0.5) is 0 Å². The van der Waals surface area contributed by atoms with Crippen LogP contribution in [-0.2, 0) is 0 Å². The fourth-order valence-corrected chi connectivity index (χ4v) is 1.22. The van der Waals surface area contributed by atoms with E-state index >= 15 is 0 Å². The molecule has 3 N–H and O–H groups in total. The number of aliphatic hydroxyl groups excluding tert-OH is 1. The van der Waals surface area contributed by atoms with Crippen LogP contribution in [0.25, 0.3) is 5.57 Å². The Bertz CT molecular complexity index is 292. The van der Waals surface area contributed by atoms with Gasteiger partial charge in [-0.3, -0.25) is 0 Å². The van der Waals surface area contributed by atoms with Crippen molar-refractivity contribution in [3.8, 4) is 0 Å². The first-order chi connectivity index (χ1) is 6.74. The molecular formula is C12H17NO. The second-order valence-corrected chi connectivity index (χ2v) is 3.43. The van der Waals surface area contributed by atoms with Gasteiger partial charge in [-0.1, -0.05) is 36.4 Å². The summed E-state index contributed by atoms with van der Waals surface area (Å²) in [5.41, 5.74) is 8.01. The highest BCUT2D eigenvalue weighted by atomic mass is 16.3. The maximum Gasteiger partial charge on any atom is 0.0585 e. The minimum atomic E-state index is -0.145. The van der Waals surface area contributed by atoms with Gasteiger partial charge in [-0.05, 0) is 24.5 Å². The number of allylic oxidation sites excluding steroid dienone is 1.